The van der Waals surface area contributed by atoms with Gasteiger partial charge >= 0.3 is 0 Å². The van der Waals surface area contributed by atoms with Gasteiger partial charge in [-0.05, 0) is 13.8 Å². The molecule has 0 unspecified atom stereocenters. The Morgan fingerprint density at radius 2 is 1.84 bits per heavy atom. The van der Waals surface area contributed by atoms with Crippen molar-refractivity contribution in [1.82, 2.24) is 5.32 Å². The summed E-state index contributed by atoms with van der Waals surface area (Å²) in [6, 6.07) is 0. The summed E-state index contributed by atoms with van der Waals surface area (Å²) in [5.41, 5.74) is 4.52. The van der Waals surface area contributed by atoms with Gasteiger partial charge in [-0.2, -0.15) is 0 Å². The van der Waals surface area contributed by atoms with Crippen LogP contribution in [0.4, 0.5) is 0 Å². The smallest absolute Gasteiger partial charge is 0.281 e. The number of aliphatic carboxylic acids is 1. The Morgan fingerprint density at radius 1 is 1.32 bits per heavy atom. The molecule has 7 heteroatoms. The third kappa shape index (κ3) is 3.92. The zero-order chi connectivity index (χ0) is 14.6. The molecule has 19 heavy (non-hydrogen) atoms. The first-order valence-corrected chi connectivity index (χ1v) is 6.37. The quantitative estimate of drug-likeness (QED) is 0.479. The van der Waals surface area contributed by atoms with Crippen molar-refractivity contribution in [1.29, 1.82) is 0 Å². The number of hydrogen-bond donors (Lipinski definition) is 3. The monoisotopic (exact) mass is 271 g/mol. The van der Waals surface area contributed by atoms with Gasteiger partial charge in [-0.15, -0.1) is 0 Å². The molecule has 1 heterocycles. The van der Waals surface area contributed by atoms with Gasteiger partial charge in [-0.3, -0.25) is 9.59 Å². The van der Waals surface area contributed by atoms with Crippen LogP contribution in [-0.2, 0) is 14.4 Å². The van der Waals surface area contributed by atoms with E-state index in [1.807, 2.05) is 0 Å². The van der Waals surface area contributed by atoms with Crippen LogP contribution in [0, 0.1) is 5.92 Å². The van der Waals surface area contributed by atoms with Gasteiger partial charge < -0.3 is 25.9 Å². The van der Waals surface area contributed by atoms with E-state index in [0.717, 1.165) is 4.90 Å². The van der Waals surface area contributed by atoms with Gasteiger partial charge in [0, 0.05) is 18.8 Å². The maximum Gasteiger partial charge on any atom is 0.281 e. The van der Waals surface area contributed by atoms with E-state index in [1.165, 1.54) is 0 Å². The largest absolute Gasteiger partial charge is 0.548 e. The molecule has 0 aromatic rings. The van der Waals surface area contributed by atoms with Crippen molar-refractivity contribution < 1.29 is 24.4 Å². The molecule has 0 aliphatic carbocycles. The standard InChI is InChI=1S/C12H21N3O4/c1-12(2,11(19)14-7-9(16)17)15-5-3-8(4-6-15)10(13)18/h8H,3-7H2,1-2H3,(H2,13,18)(H,14,19)(H,16,17). The molecular weight excluding hydrogens is 250 g/mol. The van der Waals surface area contributed by atoms with E-state index in [1.54, 1.807) is 13.8 Å². The summed E-state index contributed by atoms with van der Waals surface area (Å²) in [6.45, 7) is 4.37. The molecular formula is C12H21N3O4. The maximum atomic E-state index is 12.0. The summed E-state index contributed by atoms with van der Waals surface area (Å²) < 4.78 is 0. The SMILES string of the molecule is CC(C)(C(=O)NCC(=O)[O-])[NH+]1CCC(C(N)=O)CC1. The van der Waals surface area contributed by atoms with E-state index in [-0.39, 0.29) is 17.7 Å². The van der Waals surface area contributed by atoms with Gasteiger partial charge in [0.25, 0.3) is 5.91 Å². The zero-order valence-corrected chi connectivity index (χ0v) is 11.3. The molecule has 0 aromatic carbocycles. The number of nitrogens with one attached hydrogen (secondary N) is 2. The van der Waals surface area contributed by atoms with Gasteiger partial charge in [-0.1, -0.05) is 0 Å². The molecule has 0 bridgehead atoms. The number of rotatable bonds is 5. The summed E-state index contributed by atoms with van der Waals surface area (Å²) in [5.74, 6) is -2.06. The molecule has 2 amide bonds. The van der Waals surface area contributed by atoms with Crippen molar-refractivity contribution in [3.05, 3.63) is 0 Å². The highest BCUT2D eigenvalue weighted by atomic mass is 16.4. The molecule has 1 aliphatic heterocycles. The average Bonchev–Trinajstić information content (AvgIpc) is 2.35. The summed E-state index contributed by atoms with van der Waals surface area (Å²) in [5, 5.41) is 12.7. The van der Waals surface area contributed by atoms with E-state index in [0.29, 0.717) is 25.9 Å². The van der Waals surface area contributed by atoms with Gasteiger partial charge in [0.1, 0.15) is 0 Å². The van der Waals surface area contributed by atoms with Crippen LogP contribution in [0.5, 0.6) is 0 Å². The van der Waals surface area contributed by atoms with Gasteiger partial charge in [-0.25, -0.2) is 0 Å². The second-order valence-corrected chi connectivity index (χ2v) is 5.46. The number of likely N-dealkylation sites (tertiary alicyclic amines) is 1. The highest BCUT2D eigenvalue weighted by molar-refractivity contribution is 5.86. The summed E-state index contributed by atoms with van der Waals surface area (Å²) in [4.78, 5) is 34.4. The number of quaternary nitrogens is 1. The lowest BCUT2D eigenvalue weighted by molar-refractivity contribution is -0.943. The number of amides is 2. The minimum absolute atomic E-state index is 0.120. The first-order valence-electron chi connectivity index (χ1n) is 6.37. The summed E-state index contributed by atoms with van der Waals surface area (Å²) >= 11 is 0. The summed E-state index contributed by atoms with van der Waals surface area (Å²) in [7, 11) is 0. The van der Waals surface area contributed by atoms with Crippen molar-refractivity contribution in [3.63, 3.8) is 0 Å². The molecule has 0 aromatic heterocycles. The average molecular weight is 271 g/mol. The third-order valence-corrected chi connectivity index (χ3v) is 3.84. The number of piperidine rings is 1. The van der Waals surface area contributed by atoms with Crippen LogP contribution in [-0.4, -0.2) is 43.0 Å². The lowest BCUT2D eigenvalue weighted by atomic mass is 9.91. The third-order valence-electron chi connectivity index (χ3n) is 3.84. The van der Waals surface area contributed by atoms with Gasteiger partial charge in [0.05, 0.1) is 25.6 Å². The minimum Gasteiger partial charge on any atom is -0.548 e. The molecule has 7 nitrogen and oxygen atoms in total. The van der Waals surface area contributed by atoms with Crippen molar-refractivity contribution in [3.8, 4) is 0 Å². The second-order valence-electron chi connectivity index (χ2n) is 5.46. The van der Waals surface area contributed by atoms with Crippen molar-refractivity contribution in [2.24, 2.45) is 11.7 Å². The second kappa shape index (κ2) is 6.01. The lowest BCUT2D eigenvalue weighted by Gasteiger charge is -2.38. The maximum absolute atomic E-state index is 12.0. The van der Waals surface area contributed by atoms with Crippen molar-refractivity contribution in [2.75, 3.05) is 19.6 Å². The molecule has 0 atom stereocenters. The predicted octanol–water partition coefficient (Wildman–Crippen LogP) is -3.59. The number of nitrogens with two attached hydrogens (primary N) is 1. The molecule has 1 rings (SSSR count). The Labute approximate surface area is 112 Å². The lowest BCUT2D eigenvalue weighted by Crippen LogP contribution is -3.21. The van der Waals surface area contributed by atoms with Crippen molar-refractivity contribution in [2.45, 2.75) is 32.2 Å². The highest BCUT2D eigenvalue weighted by Gasteiger charge is 2.41. The van der Waals surface area contributed by atoms with Crippen LogP contribution in [0.15, 0.2) is 0 Å². The normalized spacial score (nSPS) is 23.7. The Hall–Kier alpha value is -1.63. The Bertz CT molecular complexity index is 373. The number of carbonyl (C=O) groups is 3. The van der Waals surface area contributed by atoms with Crippen LogP contribution in [0.2, 0.25) is 0 Å². The van der Waals surface area contributed by atoms with Gasteiger partial charge in [0.15, 0.2) is 5.54 Å². The molecule has 1 aliphatic rings. The van der Waals surface area contributed by atoms with Gasteiger partial charge in [0.2, 0.25) is 5.91 Å². The van der Waals surface area contributed by atoms with Crippen LogP contribution < -0.4 is 21.1 Å². The molecule has 108 valence electrons. The van der Waals surface area contributed by atoms with Crippen LogP contribution in [0.25, 0.3) is 0 Å². The van der Waals surface area contributed by atoms with E-state index in [4.69, 9.17) is 5.73 Å². The fourth-order valence-electron chi connectivity index (χ4n) is 2.41. The molecule has 4 N–H and O–H groups in total. The number of carboxylic acids is 1. The Kier molecular flexibility index (Phi) is 4.88. The fourth-order valence-corrected chi connectivity index (χ4v) is 2.41. The number of carbonyl (C=O) groups excluding carboxylic acids is 3. The number of primary amides is 1. The van der Waals surface area contributed by atoms with E-state index in [2.05, 4.69) is 5.32 Å². The molecule has 1 fully saturated rings. The topological polar surface area (TPSA) is 117 Å². The van der Waals surface area contributed by atoms with E-state index >= 15 is 0 Å². The minimum atomic E-state index is -1.31. The Morgan fingerprint density at radius 3 is 2.26 bits per heavy atom. The predicted molar refractivity (Wildman–Crippen MR) is 64.7 cm³/mol. The molecule has 0 saturated carbocycles. The van der Waals surface area contributed by atoms with Crippen molar-refractivity contribution >= 4 is 17.8 Å². The number of hydrogen-bond acceptors (Lipinski definition) is 4. The molecule has 0 spiro atoms. The molecule has 0 radical (unpaired) electrons. The van der Waals surface area contributed by atoms with Crippen LogP contribution >= 0.6 is 0 Å². The zero-order valence-electron chi connectivity index (χ0n) is 11.3. The fraction of sp³-hybridized carbons (Fsp3) is 0.750. The summed E-state index contributed by atoms with van der Waals surface area (Å²) in [6.07, 6.45) is 1.31. The number of carboxylic acid groups (broad SMARTS) is 1. The highest BCUT2D eigenvalue weighted by Crippen LogP contribution is 2.10. The van der Waals surface area contributed by atoms with E-state index in [9.17, 15) is 19.5 Å². The van der Waals surface area contributed by atoms with Crippen LogP contribution in [0.1, 0.15) is 26.7 Å². The Balaban J connectivity index is 2.56. The molecule has 1 saturated heterocycles. The van der Waals surface area contributed by atoms with Crippen LogP contribution in [0.3, 0.4) is 0 Å². The van der Waals surface area contributed by atoms with E-state index < -0.39 is 18.1 Å². The first-order chi connectivity index (χ1) is 8.75. The first kappa shape index (κ1) is 15.4.